The normalized spacial score (nSPS) is 11.6. The van der Waals surface area contributed by atoms with Crippen LogP contribution in [0.3, 0.4) is 0 Å². The maximum Gasteiger partial charge on any atom is 0.321 e. The molecular weight excluding hydrogens is 352 g/mol. The van der Waals surface area contributed by atoms with Crippen molar-refractivity contribution in [2.24, 2.45) is 0 Å². The van der Waals surface area contributed by atoms with Gasteiger partial charge in [0.15, 0.2) is 5.65 Å². The summed E-state index contributed by atoms with van der Waals surface area (Å²) in [6, 6.07) is 8.05. The number of carbonyl (C=O) groups excluding carboxylic acids is 1. The van der Waals surface area contributed by atoms with Crippen LogP contribution in [0.25, 0.3) is 11.0 Å². The first-order valence-corrected chi connectivity index (χ1v) is 8.71. The number of rotatable bonds is 3. The Morgan fingerprint density at radius 3 is 2.46 bits per heavy atom. The molecule has 3 rings (SSSR count). The van der Waals surface area contributed by atoms with Crippen molar-refractivity contribution in [1.29, 1.82) is 0 Å². The highest BCUT2D eigenvalue weighted by Crippen LogP contribution is 2.27. The molecular formula is C15H13ClN4O3S. The molecule has 0 radical (unpaired) electrons. The summed E-state index contributed by atoms with van der Waals surface area (Å²) in [5.41, 5.74) is 1.13. The van der Waals surface area contributed by atoms with E-state index in [2.05, 4.69) is 9.97 Å². The van der Waals surface area contributed by atoms with Crippen molar-refractivity contribution in [2.45, 2.75) is 11.8 Å². The number of hydrogen-bond acceptors (Lipinski definition) is 5. The van der Waals surface area contributed by atoms with Crippen molar-refractivity contribution in [3.05, 3.63) is 48.4 Å². The highest BCUT2D eigenvalue weighted by molar-refractivity contribution is 7.90. The van der Waals surface area contributed by atoms with Crippen LogP contribution in [0.1, 0.15) is 5.56 Å². The number of hydrogen-bond donors (Lipinski definition) is 0. The van der Waals surface area contributed by atoms with Gasteiger partial charge in [0.25, 0.3) is 10.0 Å². The van der Waals surface area contributed by atoms with Gasteiger partial charge in [0.05, 0.1) is 10.3 Å². The molecule has 0 aliphatic heterocycles. The van der Waals surface area contributed by atoms with Crippen molar-refractivity contribution in [3.63, 3.8) is 0 Å². The summed E-state index contributed by atoms with van der Waals surface area (Å²) in [7, 11) is -2.36. The van der Waals surface area contributed by atoms with Gasteiger partial charge in [-0.3, -0.25) is 9.69 Å². The van der Waals surface area contributed by atoms with Crippen LogP contribution in [0.5, 0.6) is 0 Å². The average molecular weight is 365 g/mol. The van der Waals surface area contributed by atoms with Gasteiger partial charge in [0, 0.05) is 13.2 Å². The van der Waals surface area contributed by atoms with Crippen molar-refractivity contribution < 1.29 is 13.2 Å². The van der Waals surface area contributed by atoms with E-state index < -0.39 is 15.4 Å². The number of anilines is 1. The van der Waals surface area contributed by atoms with Crippen LogP contribution in [-0.2, 0) is 10.0 Å². The van der Waals surface area contributed by atoms with Gasteiger partial charge in [0.2, 0.25) is 0 Å². The summed E-state index contributed by atoms with van der Waals surface area (Å²) in [5, 5.41) is -0.325. The van der Waals surface area contributed by atoms with Gasteiger partial charge in [-0.15, -0.1) is 0 Å². The van der Waals surface area contributed by atoms with E-state index in [0.29, 0.717) is 5.39 Å². The van der Waals surface area contributed by atoms with E-state index in [1.807, 2.05) is 6.92 Å². The van der Waals surface area contributed by atoms with Crippen LogP contribution in [0, 0.1) is 6.92 Å². The molecule has 2 aromatic heterocycles. The SMILES string of the molecule is Cc1ccc(S(=O)(=O)n2ccc3c(N(C)C(=O)Cl)ncnc32)cc1. The van der Waals surface area contributed by atoms with Crippen LogP contribution in [0.4, 0.5) is 10.6 Å². The van der Waals surface area contributed by atoms with Crippen LogP contribution < -0.4 is 4.90 Å². The molecule has 0 spiro atoms. The molecule has 0 atom stereocenters. The predicted molar refractivity (Wildman–Crippen MR) is 90.9 cm³/mol. The third kappa shape index (κ3) is 2.63. The Morgan fingerprint density at radius 1 is 1.17 bits per heavy atom. The molecule has 1 aromatic carbocycles. The summed E-state index contributed by atoms with van der Waals surface area (Å²) in [6.45, 7) is 1.87. The summed E-state index contributed by atoms with van der Waals surface area (Å²) in [5.74, 6) is 0.234. The lowest BCUT2D eigenvalue weighted by atomic mass is 10.2. The van der Waals surface area contributed by atoms with Gasteiger partial charge in [0.1, 0.15) is 12.1 Å². The lowest BCUT2D eigenvalue weighted by Gasteiger charge is -2.13. The summed E-state index contributed by atoms with van der Waals surface area (Å²) < 4.78 is 26.7. The molecule has 0 N–H and O–H groups in total. The molecule has 124 valence electrons. The number of amides is 1. The van der Waals surface area contributed by atoms with Gasteiger partial charge < -0.3 is 0 Å². The number of halogens is 1. The molecule has 0 aliphatic carbocycles. The molecule has 0 fully saturated rings. The number of nitrogens with zero attached hydrogens (tertiary/aromatic N) is 4. The molecule has 0 saturated carbocycles. The Morgan fingerprint density at radius 2 is 1.83 bits per heavy atom. The maximum absolute atomic E-state index is 12.8. The minimum Gasteiger partial charge on any atom is -0.286 e. The fourth-order valence-electron chi connectivity index (χ4n) is 2.28. The molecule has 2 heterocycles. The zero-order valence-electron chi connectivity index (χ0n) is 12.8. The van der Waals surface area contributed by atoms with Crippen LogP contribution in [0.2, 0.25) is 0 Å². The van der Waals surface area contributed by atoms with Crippen molar-refractivity contribution in [2.75, 3.05) is 11.9 Å². The quantitative estimate of drug-likeness (QED) is 0.527. The molecule has 0 unspecified atom stereocenters. The predicted octanol–water partition coefficient (Wildman–Crippen LogP) is 2.77. The molecule has 9 heteroatoms. The first-order chi connectivity index (χ1) is 11.3. The summed E-state index contributed by atoms with van der Waals surface area (Å²) in [6.07, 6.45) is 2.57. The Bertz CT molecular complexity index is 1030. The number of benzene rings is 1. The topological polar surface area (TPSA) is 85.2 Å². The Hall–Kier alpha value is -2.45. The van der Waals surface area contributed by atoms with E-state index in [1.165, 1.54) is 37.8 Å². The van der Waals surface area contributed by atoms with Crippen molar-refractivity contribution in [1.82, 2.24) is 13.9 Å². The van der Waals surface area contributed by atoms with E-state index in [1.54, 1.807) is 12.1 Å². The molecule has 7 nitrogen and oxygen atoms in total. The lowest BCUT2D eigenvalue weighted by Crippen LogP contribution is -2.21. The average Bonchev–Trinajstić information content (AvgIpc) is 2.99. The van der Waals surface area contributed by atoms with E-state index in [9.17, 15) is 13.2 Å². The fraction of sp³-hybridized carbons (Fsp3) is 0.133. The van der Waals surface area contributed by atoms with E-state index >= 15 is 0 Å². The molecule has 24 heavy (non-hydrogen) atoms. The Kier molecular flexibility index (Phi) is 4.02. The molecule has 0 saturated heterocycles. The number of carbonyl (C=O) groups is 1. The largest absolute Gasteiger partial charge is 0.321 e. The van der Waals surface area contributed by atoms with E-state index in [4.69, 9.17) is 11.6 Å². The van der Waals surface area contributed by atoms with E-state index in [0.717, 1.165) is 14.4 Å². The minimum atomic E-state index is -3.81. The third-order valence-electron chi connectivity index (χ3n) is 3.59. The first kappa shape index (κ1) is 16.4. The van der Waals surface area contributed by atoms with Crippen molar-refractivity contribution in [3.8, 4) is 0 Å². The highest BCUT2D eigenvalue weighted by atomic mass is 35.5. The second kappa shape index (κ2) is 5.88. The Labute approximate surface area is 143 Å². The third-order valence-corrected chi connectivity index (χ3v) is 5.52. The monoisotopic (exact) mass is 364 g/mol. The molecule has 3 aromatic rings. The zero-order chi connectivity index (χ0) is 17.5. The molecule has 1 amide bonds. The maximum atomic E-state index is 12.8. The smallest absolute Gasteiger partial charge is 0.286 e. The van der Waals surface area contributed by atoms with Gasteiger partial charge in [-0.1, -0.05) is 17.7 Å². The molecule has 0 aliphatic rings. The van der Waals surface area contributed by atoms with Gasteiger partial charge in [-0.05, 0) is 36.7 Å². The van der Waals surface area contributed by atoms with Gasteiger partial charge in [-0.25, -0.2) is 22.4 Å². The Balaban J connectivity index is 2.20. The number of fused-ring (bicyclic) bond motifs is 1. The fourth-order valence-corrected chi connectivity index (χ4v) is 3.66. The van der Waals surface area contributed by atoms with Crippen LogP contribution in [0.15, 0.2) is 47.8 Å². The van der Waals surface area contributed by atoms with Crippen molar-refractivity contribution >= 4 is 43.8 Å². The zero-order valence-corrected chi connectivity index (χ0v) is 14.4. The van der Waals surface area contributed by atoms with Gasteiger partial charge >= 0.3 is 5.37 Å². The second-order valence-electron chi connectivity index (χ2n) is 5.18. The first-order valence-electron chi connectivity index (χ1n) is 6.90. The minimum absolute atomic E-state index is 0.146. The van der Waals surface area contributed by atoms with Crippen LogP contribution in [-0.4, -0.2) is 34.8 Å². The highest BCUT2D eigenvalue weighted by Gasteiger charge is 2.22. The summed E-state index contributed by atoms with van der Waals surface area (Å²) >= 11 is 5.47. The van der Waals surface area contributed by atoms with Crippen LogP contribution >= 0.6 is 11.6 Å². The number of aromatic nitrogens is 3. The molecule has 0 bridgehead atoms. The number of aryl methyl sites for hydroxylation is 1. The summed E-state index contributed by atoms with van der Waals surface area (Å²) in [4.78, 5) is 20.7. The van der Waals surface area contributed by atoms with Gasteiger partial charge in [-0.2, -0.15) is 0 Å². The second-order valence-corrected chi connectivity index (χ2v) is 7.31. The standard InChI is InChI=1S/C15H13ClN4O3S/c1-10-3-5-11(6-4-10)24(22,23)20-8-7-12-13(19(2)15(16)21)17-9-18-14(12)20/h3-9H,1-2H3. The van der Waals surface area contributed by atoms with E-state index in [-0.39, 0.29) is 16.4 Å². The lowest BCUT2D eigenvalue weighted by molar-refractivity contribution is 0.265.